The van der Waals surface area contributed by atoms with Gasteiger partial charge in [-0.1, -0.05) is 109 Å². The molecule has 0 N–H and O–H groups in total. The standard InChI is InChI=1S/C47H27N5O2/c1-2-15-32-28(10-1)11-8-19-37(32)46-51-44(50-45(52-46)31-14-9-23-48-27-31)30-13-7-12-29(24-30)33-21-22-38(35-17-4-3-16-34(33)35)47-49-40-26-42-39(25-43(40)54-47)36-18-5-6-20-41(36)53-42/h1-27H. The van der Waals surface area contributed by atoms with Crippen molar-refractivity contribution in [2.75, 3.05) is 0 Å². The molecule has 0 spiro atoms. The highest BCUT2D eigenvalue weighted by Crippen LogP contribution is 2.39. The maximum atomic E-state index is 6.45. The van der Waals surface area contributed by atoms with E-state index in [1.807, 2.05) is 72.8 Å². The number of fused-ring (bicyclic) bond motifs is 6. The van der Waals surface area contributed by atoms with Crippen molar-refractivity contribution < 1.29 is 8.83 Å². The van der Waals surface area contributed by atoms with Crippen LogP contribution in [0.3, 0.4) is 0 Å². The Balaban J connectivity index is 1.03. The monoisotopic (exact) mass is 693 g/mol. The Bertz CT molecular complexity index is 3230. The van der Waals surface area contributed by atoms with Crippen LogP contribution in [0.1, 0.15) is 0 Å². The lowest BCUT2D eigenvalue weighted by Crippen LogP contribution is -2.01. The third kappa shape index (κ3) is 4.94. The summed E-state index contributed by atoms with van der Waals surface area (Å²) in [6.07, 6.45) is 3.53. The summed E-state index contributed by atoms with van der Waals surface area (Å²) in [5.74, 6) is 2.32. The van der Waals surface area contributed by atoms with E-state index in [0.29, 0.717) is 23.4 Å². The molecule has 0 fully saturated rings. The molecule has 0 aliphatic heterocycles. The van der Waals surface area contributed by atoms with Crippen molar-refractivity contribution in [3.05, 3.63) is 164 Å². The molecule has 0 aliphatic rings. The second-order valence-corrected chi connectivity index (χ2v) is 13.3. The summed E-state index contributed by atoms with van der Waals surface area (Å²) in [6.45, 7) is 0. The van der Waals surface area contributed by atoms with Crippen LogP contribution in [0.4, 0.5) is 0 Å². The molecule has 11 rings (SSSR count). The summed E-state index contributed by atoms with van der Waals surface area (Å²) in [5, 5.41) is 6.39. The van der Waals surface area contributed by atoms with E-state index < -0.39 is 0 Å². The molecule has 0 atom stereocenters. The second kappa shape index (κ2) is 12.0. The van der Waals surface area contributed by atoms with Crippen molar-refractivity contribution in [1.29, 1.82) is 0 Å². The molecule has 0 bridgehead atoms. The van der Waals surface area contributed by atoms with Gasteiger partial charge >= 0.3 is 0 Å². The molecule has 4 aromatic heterocycles. The zero-order valence-electron chi connectivity index (χ0n) is 28.6. The number of para-hydroxylation sites is 1. The molecule has 7 aromatic carbocycles. The average Bonchev–Trinajstić information content (AvgIpc) is 3.82. The fraction of sp³-hybridized carbons (Fsp3) is 0. The van der Waals surface area contributed by atoms with Crippen molar-refractivity contribution in [3.8, 4) is 56.7 Å². The van der Waals surface area contributed by atoms with E-state index in [1.54, 1.807) is 12.4 Å². The van der Waals surface area contributed by atoms with Gasteiger partial charge in [0.1, 0.15) is 16.7 Å². The highest BCUT2D eigenvalue weighted by atomic mass is 16.4. The van der Waals surface area contributed by atoms with Crippen molar-refractivity contribution in [2.45, 2.75) is 0 Å². The summed E-state index contributed by atoms with van der Waals surface area (Å²) >= 11 is 0. The Morgan fingerprint density at radius 1 is 0.370 bits per heavy atom. The van der Waals surface area contributed by atoms with Crippen LogP contribution < -0.4 is 0 Å². The topological polar surface area (TPSA) is 90.7 Å². The van der Waals surface area contributed by atoms with Gasteiger partial charge in [-0.2, -0.15) is 0 Å². The van der Waals surface area contributed by atoms with E-state index in [1.165, 1.54) is 0 Å². The number of benzene rings is 7. The molecule has 0 saturated carbocycles. The summed E-state index contributed by atoms with van der Waals surface area (Å²) in [4.78, 5) is 24.3. The first-order valence-electron chi connectivity index (χ1n) is 17.7. The van der Waals surface area contributed by atoms with Gasteiger partial charge in [0.05, 0.1) is 0 Å². The number of oxazole rings is 1. The Hall–Kier alpha value is -7.51. The largest absolute Gasteiger partial charge is 0.456 e. The molecule has 4 heterocycles. The van der Waals surface area contributed by atoms with E-state index in [9.17, 15) is 0 Å². The minimum atomic E-state index is 0.563. The van der Waals surface area contributed by atoms with Crippen LogP contribution in [0, 0.1) is 0 Å². The predicted octanol–water partition coefficient (Wildman–Crippen LogP) is 11.9. The van der Waals surface area contributed by atoms with Gasteiger partial charge in [-0.15, -0.1) is 0 Å². The van der Waals surface area contributed by atoms with E-state index in [4.69, 9.17) is 28.8 Å². The third-order valence-corrected chi connectivity index (χ3v) is 10.1. The SMILES string of the molecule is c1cncc(-c2nc(-c3cccc(-c4ccc(-c5nc6cc7oc8ccccc8c7cc6o5)c5ccccc45)c3)nc(-c3cccc4ccccc34)n2)c1. The maximum absolute atomic E-state index is 6.45. The van der Waals surface area contributed by atoms with E-state index >= 15 is 0 Å². The number of nitrogens with zero attached hydrogens (tertiary/aromatic N) is 5. The molecule has 0 unspecified atom stereocenters. The van der Waals surface area contributed by atoms with E-state index in [2.05, 4.69) is 83.8 Å². The Morgan fingerprint density at radius 2 is 1.06 bits per heavy atom. The Morgan fingerprint density at radius 3 is 1.93 bits per heavy atom. The van der Waals surface area contributed by atoms with Gasteiger partial charge in [-0.25, -0.2) is 19.9 Å². The molecular weight excluding hydrogens is 667 g/mol. The third-order valence-electron chi connectivity index (χ3n) is 10.1. The Labute approximate surface area is 308 Å². The summed E-state index contributed by atoms with van der Waals surface area (Å²) in [6, 6.07) is 51.4. The molecular formula is C47H27N5O2. The quantitative estimate of drug-likeness (QED) is 0.177. The first-order chi connectivity index (χ1) is 26.7. The van der Waals surface area contributed by atoms with Crippen LogP contribution in [0.25, 0.3) is 111 Å². The summed E-state index contributed by atoms with van der Waals surface area (Å²) in [5.41, 5.74) is 8.79. The van der Waals surface area contributed by atoms with Crippen LogP contribution in [-0.4, -0.2) is 24.9 Å². The smallest absolute Gasteiger partial charge is 0.227 e. The van der Waals surface area contributed by atoms with Gasteiger partial charge in [0.2, 0.25) is 5.89 Å². The normalized spacial score (nSPS) is 11.7. The summed E-state index contributed by atoms with van der Waals surface area (Å²) in [7, 11) is 0. The van der Waals surface area contributed by atoms with E-state index in [-0.39, 0.29) is 0 Å². The predicted molar refractivity (Wildman–Crippen MR) is 215 cm³/mol. The van der Waals surface area contributed by atoms with Crippen LogP contribution in [0.15, 0.2) is 173 Å². The minimum Gasteiger partial charge on any atom is -0.456 e. The van der Waals surface area contributed by atoms with Gasteiger partial charge in [-0.05, 0) is 69.1 Å². The first-order valence-corrected chi connectivity index (χ1v) is 17.7. The van der Waals surface area contributed by atoms with Gasteiger partial charge in [-0.3, -0.25) is 4.98 Å². The molecule has 11 aromatic rings. The molecule has 252 valence electrons. The highest BCUT2D eigenvalue weighted by molar-refractivity contribution is 6.09. The lowest BCUT2D eigenvalue weighted by atomic mass is 9.94. The number of pyridine rings is 1. The zero-order valence-corrected chi connectivity index (χ0v) is 28.6. The molecule has 0 radical (unpaired) electrons. The minimum absolute atomic E-state index is 0.563. The molecule has 7 nitrogen and oxygen atoms in total. The molecule has 7 heteroatoms. The highest BCUT2D eigenvalue weighted by Gasteiger charge is 2.18. The van der Waals surface area contributed by atoms with Crippen LogP contribution in [0.2, 0.25) is 0 Å². The van der Waals surface area contributed by atoms with Crippen molar-refractivity contribution in [3.63, 3.8) is 0 Å². The number of hydrogen-bond acceptors (Lipinski definition) is 7. The van der Waals surface area contributed by atoms with Gasteiger partial charge in [0.15, 0.2) is 23.1 Å². The average molecular weight is 694 g/mol. The van der Waals surface area contributed by atoms with Crippen LogP contribution in [-0.2, 0) is 0 Å². The fourth-order valence-corrected chi connectivity index (χ4v) is 7.49. The molecule has 0 saturated heterocycles. The fourth-order valence-electron chi connectivity index (χ4n) is 7.49. The van der Waals surface area contributed by atoms with Gasteiger partial charge < -0.3 is 8.83 Å². The van der Waals surface area contributed by atoms with Crippen LogP contribution >= 0.6 is 0 Å². The van der Waals surface area contributed by atoms with Crippen LogP contribution in [0.5, 0.6) is 0 Å². The van der Waals surface area contributed by atoms with Crippen molar-refractivity contribution in [1.82, 2.24) is 24.9 Å². The number of rotatable bonds is 5. The lowest BCUT2D eigenvalue weighted by Gasteiger charge is -2.12. The number of aromatic nitrogens is 5. The first kappa shape index (κ1) is 30.1. The second-order valence-electron chi connectivity index (χ2n) is 13.3. The molecule has 54 heavy (non-hydrogen) atoms. The van der Waals surface area contributed by atoms with E-state index in [0.717, 1.165) is 88.0 Å². The molecule has 0 amide bonds. The maximum Gasteiger partial charge on any atom is 0.227 e. The van der Waals surface area contributed by atoms with Gasteiger partial charge in [0.25, 0.3) is 0 Å². The molecule has 0 aliphatic carbocycles. The number of furan rings is 1. The summed E-state index contributed by atoms with van der Waals surface area (Å²) < 4.78 is 12.6. The van der Waals surface area contributed by atoms with Gasteiger partial charge in [0, 0.05) is 51.5 Å². The van der Waals surface area contributed by atoms with Crippen molar-refractivity contribution >= 4 is 54.6 Å². The Kier molecular flexibility index (Phi) is 6.72. The van der Waals surface area contributed by atoms with Crippen molar-refractivity contribution in [2.24, 2.45) is 0 Å². The lowest BCUT2D eigenvalue weighted by molar-refractivity contribution is 0.621. The number of hydrogen-bond donors (Lipinski definition) is 0. The zero-order chi connectivity index (χ0) is 35.6.